The maximum absolute atomic E-state index is 13.7. The van der Waals surface area contributed by atoms with Gasteiger partial charge in [-0.3, -0.25) is 18.4 Å². The van der Waals surface area contributed by atoms with Gasteiger partial charge in [0.25, 0.3) is 0 Å². The number of esters is 1. The molecule has 0 aliphatic carbocycles. The molecule has 3 N–H and O–H groups in total. The van der Waals surface area contributed by atoms with Crippen molar-refractivity contribution in [3.8, 4) is 12.3 Å². The molecule has 0 amide bonds. The SMILES string of the molecule is C#C[C@@]12COP(=O)(N[C@H](C)C(=O)OC(C)C)O[C@@H]1C[C@H](n1cnc3c(N)nc(F)nc31)O2. The van der Waals surface area contributed by atoms with Gasteiger partial charge in [-0.25, -0.2) is 14.6 Å². The van der Waals surface area contributed by atoms with Crippen molar-refractivity contribution >= 4 is 30.7 Å². The van der Waals surface area contributed by atoms with Crippen LogP contribution < -0.4 is 10.8 Å². The Bertz CT molecular complexity index is 1150. The van der Waals surface area contributed by atoms with Crippen molar-refractivity contribution in [2.45, 2.75) is 57.3 Å². The summed E-state index contributed by atoms with van der Waals surface area (Å²) in [4.78, 5) is 23.4. The molecule has 5 atom stereocenters. The Labute approximate surface area is 182 Å². The molecule has 1 unspecified atom stereocenters. The molecule has 4 heterocycles. The summed E-state index contributed by atoms with van der Waals surface area (Å²) in [7, 11) is -3.92. The predicted molar refractivity (Wildman–Crippen MR) is 108 cm³/mol. The Kier molecular flexibility index (Phi) is 5.68. The molecule has 2 aliphatic heterocycles. The van der Waals surface area contributed by atoms with Crippen LogP contribution in [-0.4, -0.2) is 55.9 Å². The van der Waals surface area contributed by atoms with Crippen molar-refractivity contribution in [1.82, 2.24) is 24.6 Å². The summed E-state index contributed by atoms with van der Waals surface area (Å²) in [6.07, 6.45) is 4.18. The van der Waals surface area contributed by atoms with Crippen LogP contribution in [0.15, 0.2) is 6.33 Å². The minimum Gasteiger partial charge on any atom is -0.462 e. The maximum atomic E-state index is 13.7. The summed E-state index contributed by atoms with van der Waals surface area (Å²) in [5.74, 6) is 1.77. The first-order chi connectivity index (χ1) is 15.1. The molecular weight excluding hydrogens is 446 g/mol. The van der Waals surface area contributed by atoms with Crippen LogP contribution in [0.2, 0.25) is 0 Å². The molecular formula is C18H22FN6O6P. The monoisotopic (exact) mass is 468 g/mol. The van der Waals surface area contributed by atoms with Crippen molar-refractivity contribution in [3.05, 3.63) is 12.4 Å². The van der Waals surface area contributed by atoms with Gasteiger partial charge in [-0.2, -0.15) is 14.4 Å². The zero-order chi connectivity index (χ0) is 23.3. The van der Waals surface area contributed by atoms with E-state index in [-0.39, 0.29) is 36.1 Å². The third kappa shape index (κ3) is 3.96. The number of carbonyl (C=O) groups excluding carboxylic acids is 1. The second kappa shape index (κ2) is 8.06. The molecule has 2 aliphatic rings. The number of nitrogens with one attached hydrogen (secondary N) is 1. The van der Waals surface area contributed by atoms with Crippen molar-refractivity contribution in [2.75, 3.05) is 12.3 Å². The fraction of sp³-hybridized carbons (Fsp3) is 0.556. The van der Waals surface area contributed by atoms with Crippen molar-refractivity contribution in [1.29, 1.82) is 0 Å². The number of rotatable bonds is 5. The van der Waals surface area contributed by atoms with Gasteiger partial charge < -0.3 is 15.2 Å². The number of hydrogen-bond acceptors (Lipinski definition) is 10. The lowest BCUT2D eigenvalue weighted by atomic mass is 9.99. The zero-order valence-electron chi connectivity index (χ0n) is 17.5. The second-order valence-corrected chi connectivity index (χ2v) is 9.47. The smallest absolute Gasteiger partial charge is 0.406 e. The van der Waals surface area contributed by atoms with E-state index in [2.05, 4.69) is 26.0 Å². The number of terminal acetylenes is 1. The summed E-state index contributed by atoms with van der Waals surface area (Å²) in [5, 5.41) is 2.55. The van der Waals surface area contributed by atoms with Gasteiger partial charge in [0.2, 0.25) is 0 Å². The lowest BCUT2D eigenvalue weighted by Gasteiger charge is -2.37. The van der Waals surface area contributed by atoms with Gasteiger partial charge in [0.05, 0.1) is 12.4 Å². The van der Waals surface area contributed by atoms with Crippen molar-refractivity contribution < 1.29 is 32.3 Å². The molecule has 2 saturated heterocycles. The number of aromatic nitrogens is 4. The number of imidazole rings is 1. The Morgan fingerprint density at radius 1 is 1.50 bits per heavy atom. The molecule has 0 aromatic carbocycles. The highest BCUT2D eigenvalue weighted by Gasteiger charge is 2.57. The Morgan fingerprint density at radius 3 is 2.94 bits per heavy atom. The molecule has 2 fully saturated rings. The van der Waals surface area contributed by atoms with Gasteiger partial charge in [0.15, 0.2) is 22.6 Å². The summed E-state index contributed by atoms with van der Waals surface area (Å²) < 4.78 is 50.5. The molecule has 12 nitrogen and oxygen atoms in total. The summed E-state index contributed by atoms with van der Waals surface area (Å²) in [6.45, 7) is 4.60. The number of nitrogens with zero attached hydrogens (tertiary/aromatic N) is 4. The van der Waals surface area contributed by atoms with Crippen LogP contribution in [0.5, 0.6) is 0 Å². The van der Waals surface area contributed by atoms with Gasteiger partial charge >= 0.3 is 19.8 Å². The van der Waals surface area contributed by atoms with Crippen LogP contribution in [0, 0.1) is 18.4 Å². The Morgan fingerprint density at radius 2 is 2.25 bits per heavy atom. The van der Waals surface area contributed by atoms with Crippen LogP contribution in [0.1, 0.15) is 33.4 Å². The molecule has 0 saturated carbocycles. The lowest BCUT2D eigenvalue weighted by molar-refractivity contribution is -0.149. The number of ether oxygens (including phenoxy) is 2. The molecule has 172 valence electrons. The number of nitrogen functional groups attached to an aromatic ring is 1. The number of carbonyl (C=O) groups is 1. The Balaban J connectivity index is 1.56. The van der Waals surface area contributed by atoms with E-state index in [1.165, 1.54) is 17.8 Å². The highest BCUT2D eigenvalue weighted by atomic mass is 31.2. The van der Waals surface area contributed by atoms with E-state index in [1.54, 1.807) is 13.8 Å². The third-order valence-corrected chi connectivity index (χ3v) is 6.73. The standard InChI is InChI=1S/C18H22FN6O6P/c1-5-18-7-28-32(27,24-10(4)16(26)29-9(2)3)31-11(18)6-12(30-18)25-8-21-13-14(20)22-17(19)23-15(13)25/h1,8-12H,6-7H2,2-4H3,(H,24,27)(H2,20,22,23)/t10-,11-,12-,18-,32?/m1/s1. The first-order valence-corrected chi connectivity index (χ1v) is 11.3. The van der Waals surface area contributed by atoms with E-state index in [0.717, 1.165) is 0 Å². The molecule has 2 aromatic rings. The lowest BCUT2D eigenvalue weighted by Crippen LogP contribution is -2.49. The minimum atomic E-state index is -3.92. The van der Waals surface area contributed by atoms with E-state index in [4.69, 9.17) is 30.7 Å². The summed E-state index contributed by atoms with van der Waals surface area (Å²) in [6, 6.07) is -0.958. The van der Waals surface area contributed by atoms with E-state index in [0.29, 0.717) is 0 Å². The minimum absolute atomic E-state index is 0.109. The van der Waals surface area contributed by atoms with Crippen molar-refractivity contribution in [3.63, 3.8) is 0 Å². The van der Waals surface area contributed by atoms with Gasteiger partial charge in [0.1, 0.15) is 25.0 Å². The number of fused-ring (bicyclic) bond motifs is 2. The number of halogens is 1. The average Bonchev–Trinajstić information content (AvgIpc) is 3.28. The quantitative estimate of drug-likeness (QED) is 0.282. The second-order valence-electron chi connectivity index (χ2n) is 7.75. The maximum Gasteiger partial charge on any atom is 0.406 e. The number of nitrogens with two attached hydrogens (primary N) is 1. The highest BCUT2D eigenvalue weighted by Crippen LogP contribution is 2.56. The van der Waals surface area contributed by atoms with E-state index >= 15 is 0 Å². The molecule has 0 radical (unpaired) electrons. The molecule has 0 spiro atoms. The van der Waals surface area contributed by atoms with Gasteiger partial charge in [0, 0.05) is 6.42 Å². The van der Waals surface area contributed by atoms with Crippen LogP contribution in [0.3, 0.4) is 0 Å². The molecule has 4 rings (SSSR count). The Hall–Kier alpha value is -2.62. The molecule has 32 heavy (non-hydrogen) atoms. The molecule has 2 aromatic heterocycles. The van der Waals surface area contributed by atoms with E-state index < -0.39 is 43.8 Å². The highest BCUT2D eigenvalue weighted by molar-refractivity contribution is 7.51. The fourth-order valence-electron chi connectivity index (χ4n) is 3.53. The average molecular weight is 468 g/mol. The van der Waals surface area contributed by atoms with Gasteiger partial charge in [-0.05, 0) is 20.8 Å². The van der Waals surface area contributed by atoms with Crippen LogP contribution >= 0.6 is 7.75 Å². The van der Waals surface area contributed by atoms with Crippen molar-refractivity contribution in [2.24, 2.45) is 0 Å². The normalized spacial score (nSPS) is 30.8. The topological polar surface area (TPSA) is 153 Å². The van der Waals surface area contributed by atoms with E-state index in [1.807, 2.05) is 0 Å². The number of hydrogen-bond donors (Lipinski definition) is 2. The predicted octanol–water partition coefficient (Wildman–Crippen LogP) is 1.29. The van der Waals surface area contributed by atoms with Crippen LogP contribution in [0.4, 0.5) is 10.2 Å². The van der Waals surface area contributed by atoms with Crippen LogP contribution in [-0.2, 0) is 27.9 Å². The summed E-state index contributed by atoms with van der Waals surface area (Å²) >= 11 is 0. The first-order valence-electron chi connectivity index (χ1n) is 9.78. The molecule has 14 heteroatoms. The van der Waals surface area contributed by atoms with Gasteiger partial charge in [-0.15, -0.1) is 6.42 Å². The van der Waals surface area contributed by atoms with Gasteiger partial charge in [-0.1, -0.05) is 5.92 Å². The molecule has 0 bridgehead atoms. The first kappa shape index (κ1) is 22.6. The van der Waals surface area contributed by atoms with E-state index in [9.17, 15) is 13.8 Å². The zero-order valence-corrected chi connectivity index (χ0v) is 18.4. The number of anilines is 1. The third-order valence-electron chi connectivity index (χ3n) is 5.03. The fourth-order valence-corrected chi connectivity index (χ4v) is 5.26. The van der Waals surface area contributed by atoms with Crippen LogP contribution in [0.25, 0.3) is 11.2 Å². The largest absolute Gasteiger partial charge is 0.462 e. The summed E-state index contributed by atoms with van der Waals surface area (Å²) in [5.41, 5.74) is 4.65.